The zero-order chi connectivity index (χ0) is 16.2. The molecule has 3 aromatic rings. The van der Waals surface area contributed by atoms with E-state index >= 15 is 0 Å². The van der Waals surface area contributed by atoms with Crippen LogP contribution in [0.2, 0.25) is 0 Å². The van der Waals surface area contributed by atoms with Crippen LogP contribution in [0.4, 0.5) is 0 Å². The molecule has 3 rings (SSSR count). The van der Waals surface area contributed by atoms with E-state index in [-0.39, 0.29) is 18.0 Å². The van der Waals surface area contributed by atoms with Crippen molar-refractivity contribution in [2.75, 3.05) is 7.11 Å². The Balaban J connectivity index is 1.66. The lowest BCUT2D eigenvalue weighted by Crippen LogP contribution is -2.33. The number of benzene rings is 1. The van der Waals surface area contributed by atoms with Crippen molar-refractivity contribution >= 4 is 11.4 Å². The first-order chi connectivity index (χ1) is 11.2. The number of nitrogens with one attached hydrogen (secondary N) is 1. The first-order valence-corrected chi connectivity index (χ1v) is 7.10. The third-order valence-electron chi connectivity index (χ3n) is 3.47. The van der Waals surface area contributed by atoms with Crippen LogP contribution in [0.5, 0.6) is 5.75 Å². The monoisotopic (exact) mass is 312 g/mol. The van der Waals surface area contributed by atoms with E-state index < -0.39 is 0 Å². The Bertz CT molecular complexity index is 897. The molecule has 0 saturated carbocycles. The highest BCUT2D eigenvalue weighted by Gasteiger charge is 2.08. The summed E-state index contributed by atoms with van der Waals surface area (Å²) in [5.41, 5.74) is 1.11. The third kappa shape index (κ3) is 3.23. The maximum absolute atomic E-state index is 12.2. The maximum Gasteiger partial charge on any atom is 0.291 e. The Morgan fingerprint density at radius 2 is 2.17 bits per heavy atom. The van der Waals surface area contributed by atoms with E-state index in [0.29, 0.717) is 12.1 Å². The molecule has 7 nitrogen and oxygen atoms in total. The number of amides is 1. The van der Waals surface area contributed by atoms with Crippen molar-refractivity contribution in [1.82, 2.24) is 19.5 Å². The minimum absolute atomic E-state index is 0.121. The normalized spacial score (nSPS) is 10.7. The van der Waals surface area contributed by atoms with Gasteiger partial charge in [0.15, 0.2) is 0 Å². The van der Waals surface area contributed by atoms with E-state index in [1.54, 1.807) is 29.8 Å². The molecular weight excluding hydrogens is 296 g/mol. The van der Waals surface area contributed by atoms with Gasteiger partial charge in [0, 0.05) is 12.7 Å². The van der Waals surface area contributed by atoms with Gasteiger partial charge in [0.1, 0.15) is 24.1 Å². The van der Waals surface area contributed by atoms with Gasteiger partial charge in [-0.1, -0.05) is 12.1 Å². The topological polar surface area (TPSA) is 77.6 Å². The number of carbonyl (C=O) groups is 1. The molecule has 0 spiro atoms. The molecule has 2 heterocycles. The summed E-state index contributed by atoms with van der Waals surface area (Å²) < 4.78 is 7.90. The molecule has 0 atom stereocenters. The SMILES string of the molecule is COc1cccc(CNC(=O)Cn2ncn3cccc3c2=O)c1. The molecule has 118 valence electrons. The summed E-state index contributed by atoms with van der Waals surface area (Å²) in [6, 6.07) is 10.9. The molecule has 0 aliphatic carbocycles. The summed E-state index contributed by atoms with van der Waals surface area (Å²) in [5.74, 6) is 0.451. The number of ether oxygens (including phenoxy) is 1. The van der Waals surface area contributed by atoms with Crippen LogP contribution in [0.3, 0.4) is 0 Å². The number of nitrogens with zero attached hydrogens (tertiary/aromatic N) is 3. The Hall–Kier alpha value is -3.09. The van der Waals surface area contributed by atoms with E-state index in [0.717, 1.165) is 16.0 Å². The second-order valence-electron chi connectivity index (χ2n) is 5.02. The van der Waals surface area contributed by atoms with Gasteiger partial charge in [-0.3, -0.25) is 9.59 Å². The van der Waals surface area contributed by atoms with Gasteiger partial charge in [-0.2, -0.15) is 5.10 Å². The minimum Gasteiger partial charge on any atom is -0.497 e. The van der Waals surface area contributed by atoms with Gasteiger partial charge >= 0.3 is 0 Å². The third-order valence-corrected chi connectivity index (χ3v) is 3.47. The summed E-state index contributed by atoms with van der Waals surface area (Å²) in [7, 11) is 1.59. The van der Waals surface area contributed by atoms with Crippen molar-refractivity contribution in [3.63, 3.8) is 0 Å². The fraction of sp³-hybridized carbons (Fsp3) is 0.188. The molecule has 0 saturated heterocycles. The lowest BCUT2D eigenvalue weighted by atomic mass is 10.2. The van der Waals surface area contributed by atoms with Gasteiger partial charge < -0.3 is 14.5 Å². The van der Waals surface area contributed by atoms with Gasteiger partial charge in [0.05, 0.1) is 7.11 Å². The number of hydrogen-bond acceptors (Lipinski definition) is 4. The van der Waals surface area contributed by atoms with E-state index in [4.69, 9.17) is 4.74 Å². The molecule has 2 aromatic heterocycles. The van der Waals surface area contributed by atoms with Gasteiger partial charge in [-0.05, 0) is 29.8 Å². The molecule has 0 fully saturated rings. The summed E-state index contributed by atoms with van der Waals surface area (Å²) >= 11 is 0. The summed E-state index contributed by atoms with van der Waals surface area (Å²) in [5, 5.41) is 6.75. The van der Waals surface area contributed by atoms with Crippen molar-refractivity contribution < 1.29 is 9.53 Å². The van der Waals surface area contributed by atoms with E-state index in [1.165, 1.54) is 6.33 Å². The minimum atomic E-state index is -0.297. The first-order valence-electron chi connectivity index (χ1n) is 7.10. The van der Waals surface area contributed by atoms with Gasteiger partial charge in [-0.25, -0.2) is 4.68 Å². The lowest BCUT2D eigenvalue weighted by Gasteiger charge is -2.08. The average molecular weight is 312 g/mol. The molecule has 0 aliphatic rings. The summed E-state index contributed by atoms with van der Waals surface area (Å²) in [6.45, 7) is 0.239. The highest BCUT2D eigenvalue weighted by atomic mass is 16.5. The van der Waals surface area contributed by atoms with Crippen LogP contribution in [0.15, 0.2) is 53.7 Å². The van der Waals surface area contributed by atoms with Crippen LogP contribution in [-0.4, -0.2) is 27.2 Å². The second kappa shape index (κ2) is 6.35. The number of aromatic nitrogens is 3. The van der Waals surface area contributed by atoms with Crippen LogP contribution in [0, 0.1) is 0 Å². The number of methoxy groups -OCH3 is 1. The molecule has 1 aromatic carbocycles. The van der Waals surface area contributed by atoms with Gasteiger partial charge in [0.25, 0.3) is 5.56 Å². The molecule has 0 radical (unpaired) electrons. The smallest absolute Gasteiger partial charge is 0.291 e. The number of fused-ring (bicyclic) bond motifs is 1. The summed E-state index contributed by atoms with van der Waals surface area (Å²) in [6.07, 6.45) is 3.24. The molecule has 7 heteroatoms. The Morgan fingerprint density at radius 3 is 3.00 bits per heavy atom. The van der Waals surface area contributed by atoms with Gasteiger partial charge in [0.2, 0.25) is 5.91 Å². The van der Waals surface area contributed by atoms with Crippen molar-refractivity contribution in [2.45, 2.75) is 13.1 Å². The Morgan fingerprint density at radius 1 is 1.30 bits per heavy atom. The van der Waals surface area contributed by atoms with Crippen molar-refractivity contribution in [3.8, 4) is 5.75 Å². The van der Waals surface area contributed by atoms with Crippen molar-refractivity contribution in [3.05, 3.63) is 64.8 Å². The average Bonchev–Trinajstić information content (AvgIpc) is 3.05. The molecule has 1 amide bonds. The van der Waals surface area contributed by atoms with Crippen LogP contribution < -0.4 is 15.6 Å². The predicted molar refractivity (Wildman–Crippen MR) is 84.3 cm³/mol. The molecule has 23 heavy (non-hydrogen) atoms. The number of rotatable bonds is 5. The standard InChI is InChI=1S/C16H16N4O3/c1-23-13-5-2-4-12(8-13)9-17-15(21)10-20-16(22)14-6-3-7-19(14)11-18-20/h2-8,11H,9-10H2,1H3,(H,17,21). The van der Waals surface area contributed by atoms with Crippen LogP contribution in [0.25, 0.3) is 5.52 Å². The molecule has 1 N–H and O–H groups in total. The van der Waals surface area contributed by atoms with E-state index in [2.05, 4.69) is 10.4 Å². The maximum atomic E-state index is 12.2. The zero-order valence-electron chi connectivity index (χ0n) is 12.6. The van der Waals surface area contributed by atoms with Crippen LogP contribution in [-0.2, 0) is 17.9 Å². The van der Waals surface area contributed by atoms with E-state index in [1.807, 2.05) is 24.3 Å². The highest BCUT2D eigenvalue weighted by molar-refractivity contribution is 5.75. The Labute approximate surface area is 132 Å². The van der Waals surface area contributed by atoms with Crippen LogP contribution >= 0.6 is 0 Å². The predicted octanol–water partition coefficient (Wildman–Crippen LogP) is 0.821. The van der Waals surface area contributed by atoms with Crippen LogP contribution in [0.1, 0.15) is 5.56 Å². The highest BCUT2D eigenvalue weighted by Crippen LogP contribution is 2.12. The zero-order valence-corrected chi connectivity index (χ0v) is 12.6. The molecular formula is C16H16N4O3. The van der Waals surface area contributed by atoms with Crippen molar-refractivity contribution in [2.24, 2.45) is 0 Å². The lowest BCUT2D eigenvalue weighted by molar-refractivity contribution is -0.122. The van der Waals surface area contributed by atoms with Gasteiger partial charge in [-0.15, -0.1) is 0 Å². The fourth-order valence-electron chi connectivity index (χ4n) is 2.27. The summed E-state index contributed by atoms with van der Waals surface area (Å²) in [4.78, 5) is 24.2. The number of carbonyl (C=O) groups excluding carboxylic acids is 1. The van der Waals surface area contributed by atoms with E-state index in [9.17, 15) is 9.59 Å². The molecule has 0 aliphatic heterocycles. The molecule has 0 bridgehead atoms. The fourth-order valence-corrected chi connectivity index (χ4v) is 2.27. The Kier molecular flexibility index (Phi) is 4.09. The van der Waals surface area contributed by atoms with Crippen molar-refractivity contribution in [1.29, 1.82) is 0 Å². The number of hydrogen-bond donors (Lipinski definition) is 1. The first kappa shape index (κ1) is 14.8. The second-order valence-corrected chi connectivity index (χ2v) is 5.02. The largest absolute Gasteiger partial charge is 0.497 e. The molecule has 0 unspecified atom stereocenters. The quantitative estimate of drug-likeness (QED) is 0.756.